The zero-order valence-electron chi connectivity index (χ0n) is 8.90. The van der Waals surface area contributed by atoms with E-state index >= 15 is 0 Å². The van der Waals surface area contributed by atoms with Gasteiger partial charge in [0.1, 0.15) is 6.04 Å². The maximum absolute atomic E-state index is 11.6. The zero-order valence-corrected chi connectivity index (χ0v) is 10.5. The van der Waals surface area contributed by atoms with Gasteiger partial charge in [-0.2, -0.15) is 0 Å². The van der Waals surface area contributed by atoms with Gasteiger partial charge >= 0.3 is 0 Å². The van der Waals surface area contributed by atoms with Crippen LogP contribution in [0.5, 0.6) is 0 Å². The van der Waals surface area contributed by atoms with Gasteiger partial charge in [0, 0.05) is 18.9 Å². The van der Waals surface area contributed by atoms with Crippen molar-refractivity contribution in [1.82, 2.24) is 15.3 Å². The van der Waals surface area contributed by atoms with Crippen molar-refractivity contribution in [2.24, 2.45) is 5.92 Å². The number of hydrogen-bond acceptors (Lipinski definition) is 4. The summed E-state index contributed by atoms with van der Waals surface area (Å²) in [6.45, 7) is 2.80. The summed E-state index contributed by atoms with van der Waals surface area (Å²) >= 11 is 3.26. The zero-order chi connectivity index (χ0) is 11.5. The molecule has 1 aliphatic heterocycles. The highest BCUT2D eigenvalue weighted by atomic mass is 79.9. The number of anilines is 1. The van der Waals surface area contributed by atoms with E-state index in [9.17, 15) is 4.79 Å². The first-order chi connectivity index (χ1) is 7.66. The van der Waals surface area contributed by atoms with E-state index in [2.05, 4.69) is 43.5 Å². The highest BCUT2D eigenvalue weighted by molar-refractivity contribution is 9.10. The molecular weight excluding hydrogens is 272 g/mol. The molecule has 1 amide bonds. The molecule has 1 aromatic heterocycles. The standard InChI is InChI=1S/C10H13BrN4O/c1-6-2-3-12-9(16)8(6)15-10-13-4-7(11)5-14-10/h4-6,8H,2-3H2,1H3,(H,12,16)(H,13,14,15)/t6-,8+/m1/s1. The summed E-state index contributed by atoms with van der Waals surface area (Å²) in [4.78, 5) is 19.8. The third-order valence-electron chi connectivity index (χ3n) is 2.66. The van der Waals surface area contributed by atoms with Crippen LogP contribution in [0, 0.1) is 5.92 Å². The van der Waals surface area contributed by atoms with Crippen LogP contribution < -0.4 is 10.6 Å². The fourth-order valence-corrected chi connectivity index (χ4v) is 1.90. The van der Waals surface area contributed by atoms with E-state index < -0.39 is 0 Å². The number of halogens is 1. The van der Waals surface area contributed by atoms with Crippen LogP contribution in [-0.2, 0) is 4.79 Å². The number of nitrogens with zero attached hydrogens (tertiary/aromatic N) is 2. The van der Waals surface area contributed by atoms with Gasteiger partial charge < -0.3 is 10.6 Å². The van der Waals surface area contributed by atoms with Crippen molar-refractivity contribution < 1.29 is 4.79 Å². The van der Waals surface area contributed by atoms with Crippen molar-refractivity contribution in [3.63, 3.8) is 0 Å². The highest BCUT2D eigenvalue weighted by Gasteiger charge is 2.29. The van der Waals surface area contributed by atoms with Crippen LogP contribution in [0.25, 0.3) is 0 Å². The minimum Gasteiger partial charge on any atom is -0.354 e. The van der Waals surface area contributed by atoms with Crippen LogP contribution >= 0.6 is 15.9 Å². The van der Waals surface area contributed by atoms with Gasteiger partial charge in [0.05, 0.1) is 4.47 Å². The molecule has 0 aliphatic carbocycles. The van der Waals surface area contributed by atoms with E-state index in [0.29, 0.717) is 11.9 Å². The average molecular weight is 285 g/mol. The molecule has 0 radical (unpaired) electrons. The fraction of sp³-hybridized carbons (Fsp3) is 0.500. The molecule has 2 rings (SSSR count). The van der Waals surface area contributed by atoms with Crippen molar-refractivity contribution in [3.8, 4) is 0 Å². The molecule has 0 saturated carbocycles. The molecule has 2 N–H and O–H groups in total. The number of carbonyl (C=O) groups excluding carboxylic acids is 1. The third kappa shape index (κ3) is 2.49. The lowest BCUT2D eigenvalue weighted by atomic mass is 9.94. The smallest absolute Gasteiger partial charge is 0.242 e. The molecule has 86 valence electrons. The van der Waals surface area contributed by atoms with Gasteiger partial charge in [0.15, 0.2) is 0 Å². The van der Waals surface area contributed by atoms with Crippen molar-refractivity contribution in [2.45, 2.75) is 19.4 Å². The van der Waals surface area contributed by atoms with Crippen LogP contribution in [-0.4, -0.2) is 28.5 Å². The Hall–Kier alpha value is -1.17. The number of hydrogen-bond donors (Lipinski definition) is 2. The van der Waals surface area contributed by atoms with E-state index in [-0.39, 0.29) is 11.9 Å². The van der Waals surface area contributed by atoms with Gasteiger partial charge in [-0.1, -0.05) is 6.92 Å². The summed E-state index contributed by atoms with van der Waals surface area (Å²) in [5.41, 5.74) is 0. The van der Waals surface area contributed by atoms with Crippen LogP contribution in [0.15, 0.2) is 16.9 Å². The molecule has 1 fully saturated rings. The SMILES string of the molecule is C[C@@H]1CCNC(=O)[C@H]1Nc1ncc(Br)cn1. The normalized spacial score (nSPS) is 25.0. The summed E-state index contributed by atoms with van der Waals surface area (Å²) in [7, 11) is 0. The van der Waals surface area contributed by atoms with Gasteiger partial charge in [0.2, 0.25) is 11.9 Å². The number of rotatable bonds is 2. The molecule has 1 aliphatic rings. The largest absolute Gasteiger partial charge is 0.354 e. The first kappa shape index (κ1) is 11.3. The Morgan fingerprint density at radius 1 is 1.50 bits per heavy atom. The lowest BCUT2D eigenvalue weighted by Gasteiger charge is -2.28. The molecule has 2 heterocycles. The second kappa shape index (κ2) is 4.78. The molecule has 0 unspecified atom stereocenters. The minimum atomic E-state index is -0.241. The Morgan fingerprint density at radius 3 is 2.81 bits per heavy atom. The quantitative estimate of drug-likeness (QED) is 0.856. The predicted octanol–water partition coefficient (Wildman–Crippen LogP) is 1.18. The second-order valence-electron chi connectivity index (χ2n) is 3.90. The predicted molar refractivity (Wildman–Crippen MR) is 63.9 cm³/mol. The molecule has 0 aromatic carbocycles. The number of piperidine rings is 1. The first-order valence-electron chi connectivity index (χ1n) is 5.18. The summed E-state index contributed by atoms with van der Waals surface area (Å²) in [6, 6.07) is -0.241. The van der Waals surface area contributed by atoms with Crippen molar-refractivity contribution in [1.29, 1.82) is 0 Å². The summed E-state index contributed by atoms with van der Waals surface area (Å²) in [5.74, 6) is 0.795. The van der Waals surface area contributed by atoms with Gasteiger partial charge in [-0.3, -0.25) is 4.79 Å². The Morgan fingerprint density at radius 2 is 2.19 bits per heavy atom. The van der Waals surface area contributed by atoms with Gasteiger partial charge in [-0.25, -0.2) is 9.97 Å². The van der Waals surface area contributed by atoms with Crippen LogP contribution in [0.1, 0.15) is 13.3 Å². The van der Waals surface area contributed by atoms with E-state index in [1.807, 2.05) is 0 Å². The Bertz CT molecular complexity index is 381. The maximum Gasteiger partial charge on any atom is 0.242 e. The molecule has 1 aromatic rings. The molecular formula is C10H13BrN4O. The van der Waals surface area contributed by atoms with Crippen LogP contribution in [0.3, 0.4) is 0 Å². The lowest BCUT2D eigenvalue weighted by molar-refractivity contribution is -0.124. The number of carbonyl (C=O) groups is 1. The Labute approximate surface area is 102 Å². The Balaban J connectivity index is 2.07. The van der Waals surface area contributed by atoms with E-state index in [1.165, 1.54) is 0 Å². The second-order valence-corrected chi connectivity index (χ2v) is 4.82. The number of nitrogens with one attached hydrogen (secondary N) is 2. The first-order valence-corrected chi connectivity index (χ1v) is 5.98. The lowest BCUT2D eigenvalue weighted by Crippen LogP contribution is -2.49. The van der Waals surface area contributed by atoms with Crippen molar-refractivity contribution in [2.75, 3.05) is 11.9 Å². The molecule has 5 nitrogen and oxygen atoms in total. The highest BCUT2D eigenvalue weighted by Crippen LogP contribution is 2.16. The summed E-state index contributed by atoms with van der Waals surface area (Å²) in [6.07, 6.45) is 4.28. The topological polar surface area (TPSA) is 66.9 Å². The van der Waals surface area contributed by atoms with Gasteiger partial charge in [-0.05, 0) is 28.3 Å². The number of amides is 1. The molecule has 0 bridgehead atoms. The molecule has 0 spiro atoms. The van der Waals surface area contributed by atoms with Gasteiger partial charge in [0.25, 0.3) is 0 Å². The fourth-order valence-electron chi connectivity index (χ4n) is 1.69. The number of aromatic nitrogens is 2. The van der Waals surface area contributed by atoms with Crippen LogP contribution in [0.4, 0.5) is 5.95 Å². The van der Waals surface area contributed by atoms with E-state index in [4.69, 9.17) is 0 Å². The molecule has 2 atom stereocenters. The molecule has 16 heavy (non-hydrogen) atoms. The van der Waals surface area contributed by atoms with Gasteiger partial charge in [-0.15, -0.1) is 0 Å². The summed E-state index contributed by atoms with van der Waals surface area (Å²) in [5, 5.41) is 5.88. The van der Waals surface area contributed by atoms with E-state index in [1.54, 1.807) is 12.4 Å². The average Bonchev–Trinajstić information content (AvgIpc) is 2.26. The monoisotopic (exact) mass is 284 g/mol. The Kier molecular flexibility index (Phi) is 3.38. The van der Waals surface area contributed by atoms with E-state index in [0.717, 1.165) is 17.4 Å². The maximum atomic E-state index is 11.6. The summed E-state index contributed by atoms with van der Waals surface area (Å²) < 4.78 is 0.819. The molecule has 6 heteroatoms. The van der Waals surface area contributed by atoms with Crippen molar-refractivity contribution >= 4 is 27.8 Å². The third-order valence-corrected chi connectivity index (χ3v) is 3.06. The van der Waals surface area contributed by atoms with Crippen molar-refractivity contribution in [3.05, 3.63) is 16.9 Å². The molecule has 1 saturated heterocycles. The minimum absolute atomic E-state index is 0.0188. The van der Waals surface area contributed by atoms with Crippen LogP contribution in [0.2, 0.25) is 0 Å².